The molecule has 0 aromatic carbocycles. The Bertz CT molecular complexity index is 516. The van der Waals surface area contributed by atoms with Crippen molar-refractivity contribution in [2.24, 2.45) is 0 Å². The van der Waals surface area contributed by atoms with Crippen molar-refractivity contribution in [3.63, 3.8) is 0 Å². The highest BCUT2D eigenvalue weighted by atomic mass is 16.5. The van der Waals surface area contributed by atoms with Crippen molar-refractivity contribution in [2.75, 3.05) is 0 Å². The average Bonchev–Trinajstić information content (AvgIpc) is 2.85. The molecule has 2 rings (SSSR count). The lowest BCUT2D eigenvalue weighted by Gasteiger charge is -2.14. The minimum atomic E-state index is -0.377. The molecule has 110 valence electrons. The Hall–Kier alpha value is -1.78. The summed E-state index contributed by atoms with van der Waals surface area (Å²) in [6, 6.07) is 1.72. The minimum absolute atomic E-state index is 0.155. The average molecular weight is 279 g/mol. The number of carbonyl (C=O) groups excluding carboxylic acids is 2. The van der Waals surface area contributed by atoms with Gasteiger partial charge in [-0.25, -0.2) is 4.79 Å². The fourth-order valence-corrected chi connectivity index (χ4v) is 2.47. The topological polar surface area (TPSA) is 57.5 Å². The van der Waals surface area contributed by atoms with Gasteiger partial charge in [-0.1, -0.05) is 0 Å². The summed E-state index contributed by atoms with van der Waals surface area (Å²) in [6.45, 7) is 7.97. The Balaban J connectivity index is 2.24. The zero-order valence-corrected chi connectivity index (χ0v) is 12.4. The van der Waals surface area contributed by atoms with E-state index in [9.17, 15) is 9.59 Å². The smallest absolute Gasteiger partial charge is 0.340 e. The number of hydrogen-bond donors (Lipinski definition) is 0. The Morgan fingerprint density at radius 1 is 1.20 bits per heavy atom. The summed E-state index contributed by atoms with van der Waals surface area (Å²) in [6.07, 6.45) is 2.16. The molecule has 1 aliphatic rings. The highest BCUT2D eigenvalue weighted by Crippen LogP contribution is 2.33. The molecule has 0 spiro atoms. The van der Waals surface area contributed by atoms with Crippen molar-refractivity contribution in [1.29, 1.82) is 0 Å². The van der Waals surface area contributed by atoms with Crippen molar-refractivity contribution in [3.05, 3.63) is 23.5 Å². The van der Waals surface area contributed by atoms with Gasteiger partial charge in [0.1, 0.15) is 0 Å². The molecule has 1 aromatic heterocycles. The summed E-state index contributed by atoms with van der Waals surface area (Å²) in [7, 11) is 0. The standard InChI is InChI=1S/C15H21NO4/c1-9(2)19-14(17)11-5-7-16-8-6-12(13(11)16)15(18)20-10(3)4/h5,7,9-10,12H,6,8H2,1-4H3. The molecule has 5 nitrogen and oxygen atoms in total. The molecule has 0 aliphatic carbocycles. The van der Waals surface area contributed by atoms with Crippen molar-refractivity contribution >= 4 is 11.9 Å². The van der Waals surface area contributed by atoms with Gasteiger partial charge in [0.15, 0.2) is 0 Å². The summed E-state index contributed by atoms with van der Waals surface area (Å²) < 4.78 is 12.4. The highest BCUT2D eigenvalue weighted by molar-refractivity contribution is 5.93. The van der Waals surface area contributed by atoms with Crippen LogP contribution in [0, 0.1) is 0 Å². The van der Waals surface area contributed by atoms with Gasteiger partial charge in [0.2, 0.25) is 0 Å². The first kappa shape index (κ1) is 14.6. The van der Waals surface area contributed by atoms with E-state index in [0.717, 1.165) is 12.2 Å². The molecule has 0 N–H and O–H groups in total. The van der Waals surface area contributed by atoms with Crippen LogP contribution in [0.5, 0.6) is 0 Å². The van der Waals surface area contributed by atoms with E-state index >= 15 is 0 Å². The maximum absolute atomic E-state index is 12.1. The molecule has 2 heterocycles. The zero-order valence-electron chi connectivity index (χ0n) is 12.4. The summed E-state index contributed by atoms with van der Waals surface area (Å²) in [4.78, 5) is 24.2. The van der Waals surface area contributed by atoms with Crippen LogP contribution in [0.4, 0.5) is 0 Å². The van der Waals surface area contributed by atoms with E-state index in [1.807, 2.05) is 24.6 Å². The number of ether oxygens (including phenoxy) is 2. The molecular formula is C15H21NO4. The summed E-state index contributed by atoms with van der Waals surface area (Å²) in [5.41, 5.74) is 1.20. The van der Waals surface area contributed by atoms with E-state index in [1.165, 1.54) is 0 Å². The summed E-state index contributed by atoms with van der Waals surface area (Å²) in [5, 5.41) is 0. The second-order valence-electron chi connectivity index (χ2n) is 5.59. The van der Waals surface area contributed by atoms with Crippen molar-refractivity contribution in [2.45, 2.75) is 58.8 Å². The Morgan fingerprint density at radius 3 is 2.45 bits per heavy atom. The first-order chi connectivity index (χ1) is 9.40. The van der Waals surface area contributed by atoms with Gasteiger partial charge in [-0.05, 0) is 40.2 Å². The molecule has 20 heavy (non-hydrogen) atoms. The van der Waals surface area contributed by atoms with Gasteiger partial charge in [0.05, 0.1) is 23.7 Å². The zero-order chi connectivity index (χ0) is 14.9. The fourth-order valence-electron chi connectivity index (χ4n) is 2.47. The maximum atomic E-state index is 12.1. The third kappa shape index (κ3) is 2.86. The Labute approximate surface area is 118 Å². The SMILES string of the molecule is CC(C)OC(=O)c1ccn2c1C(C(=O)OC(C)C)CC2. The van der Waals surface area contributed by atoms with Crippen LogP contribution < -0.4 is 0 Å². The highest BCUT2D eigenvalue weighted by Gasteiger charge is 2.35. The maximum Gasteiger partial charge on any atom is 0.340 e. The van der Waals surface area contributed by atoms with Crippen LogP contribution in [0.15, 0.2) is 12.3 Å². The first-order valence-corrected chi connectivity index (χ1v) is 7.00. The quantitative estimate of drug-likeness (QED) is 0.795. The van der Waals surface area contributed by atoms with Crippen LogP contribution in [-0.2, 0) is 20.8 Å². The van der Waals surface area contributed by atoms with Crippen molar-refractivity contribution in [3.8, 4) is 0 Å². The third-order valence-electron chi connectivity index (χ3n) is 3.19. The number of aryl methyl sites for hydroxylation is 1. The molecule has 0 bridgehead atoms. The van der Waals surface area contributed by atoms with Gasteiger partial charge in [-0.15, -0.1) is 0 Å². The Morgan fingerprint density at radius 2 is 1.85 bits per heavy atom. The van der Waals surface area contributed by atoms with Gasteiger partial charge in [-0.2, -0.15) is 0 Å². The van der Waals surface area contributed by atoms with Crippen LogP contribution in [0.25, 0.3) is 0 Å². The molecular weight excluding hydrogens is 258 g/mol. The molecule has 0 amide bonds. The second-order valence-corrected chi connectivity index (χ2v) is 5.59. The number of fused-ring (bicyclic) bond motifs is 1. The van der Waals surface area contributed by atoms with Crippen LogP contribution in [-0.4, -0.2) is 28.7 Å². The molecule has 0 saturated heterocycles. The van der Waals surface area contributed by atoms with Crippen molar-refractivity contribution in [1.82, 2.24) is 4.57 Å². The fraction of sp³-hybridized carbons (Fsp3) is 0.600. The lowest BCUT2D eigenvalue weighted by molar-refractivity contribution is -0.149. The number of rotatable bonds is 4. The molecule has 0 fully saturated rings. The first-order valence-electron chi connectivity index (χ1n) is 7.00. The van der Waals surface area contributed by atoms with Gasteiger partial charge >= 0.3 is 11.9 Å². The molecule has 1 aliphatic heterocycles. The van der Waals surface area contributed by atoms with Crippen molar-refractivity contribution < 1.29 is 19.1 Å². The predicted molar refractivity (Wildman–Crippen MR) is 73.6 cm³/mol. The van der Waals surface area contributed by atoms with Crippen LogP contribution in [0.2, 0.25) is 0 Å². The van der Waals surface area contributed by atoms with E-state index in [-0.39, 0.29) is 30.1 Å². The monoisotopic (exact) mass is 279 g/mol. The van der Waals surface area contributed by atoms with Gasteiger partial charge in [0.25, 0.3) is 0 Å². The number of nitrogens with zero attached hydrogens (tertiary/aromatic N) is 1. The van der Waals surface area contributed by atoms with E-state index in [1.54, 1.807) is 19.9 Å². The normalized spacial score (nSPS) is 17.4. The van der Waals surface area contributed by atoms with Gasteiger partial charge in [0, 0.05) is 18.4 Å². The van der Waals surface area contributed by atoms with E-state index in [4.69, 9.17) is 9.47 Å². The lowest BCUT2D eigenvalue weighted by atomic mass is 10.0. The van der Waals surface area contributed by atoms with E-state index < -0.39 is 0 Å². The number of carbonyl (C=O) groups is 2. The molecule has 1 unspecified atom stereocenters. The minimum Gasteiger partial charge on any atom is -0.462 e. The number of esters is 2. The largest absolute Gasteiger partial charge is 0.462 e. The van der Waals surface area contributed by atoms with Crippen LogP contribution in [0.3, 0.4) is 0 Å². The summed E-state index contributed by atoms with van der Waals surface area (Å²) in [5.74, 6) is -1.02. The molecule has 1 aromatic rings. The van der Waals surface area contributed by atoms with Gasteiger partial charge in [-0.3, -0.25) is 4.79 Å². The molecule has 0 radical (unpaired) electrons. The Kier molecular flexibility index (Phi) is 4.16. The van der Waals surface area contributed by atoms with Crippen LogP contribution >= 0.6 is 0 Å². The second kappa shape index (κ2) is 5.69. The summed E-state index contributed by atoms with van der Waals surface area (Å²) >= 11 is 0. The number of aromatic nitrogens is 1. The van der Waals surface area contributed by atoms with Gasteiger partial charge < -0.3 is 14.0 Å². The number of hydrogen-bond acceptors (Lipinski definition) is 4. The molecule has 1 atom stereocenters. The molecule has 5 heteroatoms. The van der Waals surface area contributed by atoms with E-state index in [0.29, 0.717) is 12.0 Å². The van der Waals surface area contributed by atoms with E-state index in [2.05, 4.69) is 0 Å². The third-order valence-corrected chi connectivity index (χ3v) is 3.19. The lowest BCUT2D eigenvalue weighted by Crippen LogP contribution is -2.20. The van der Waals surface area contributed by atoms with Crippen LogP contribution in [0.1, 0.15) is 56.1 Å². The predicted octanol–water partition coefficient (Wildman–Crippen LogP) is 2.49. The molecule has 0 saturated carbocycles.